The molecule has 1 saturated heterocycles. The molecular weight excluding hydrogens is 390 g/mol. The predicted octanol–water partition coefficient (Wildman–Crippen LogP) is 3.23. The number of methoxy groups -OCH3 is 1. The number of carbonyl (C=O) groups is 2. The van der Waals surface area contributed by atoms with Crippen molar-refractivity contribution in [1.29, 1.82) is 0 Å². The van der Waals surface area contributed by atoms with Crippen molar-refractivity contribution in [2.75, 3.05) is 44.7 Å². The fraction of sp³-hybridized carbons (Fsp3) is 0.360. The second kappa shape index (κ2) is 8.55. The van der Waals surface area contributed by atoms with E-state index in [-0.39, 0.29) is 11.8 Å². The van der Waals surface area contributed by atoms with E-state index in [1.165, 1.54) is 4.90 Å². The van der Waals surface area contributed by atoms with Crippen molar-refractivity contribution in [2.24, 2.45) is 0 Å². The van der Waals surface area contributed by atoms with Gasteiger partial charge in [0.05, 0.1) is 18.4 Å². The molecule has 31 heavy (non-hydrogen) atoms. The van der Waals surface area contributed by atoms with Crippen molar-refractivity contribution in [3.63, 3.8) is 0 Å². The maximum absolute atomic E-state index is 13.7. The predicted molar refractivity (Wildman–Crippen MR) is 122 cm³/mol. The number of rotatable bonds is 5. The van der Waals surface area contributed by atoms with Crippen molar-refractivity contribution in [3.05, 3.63) is 64.9 Å². The molecule has 0 spiro atoms. The van der Waals surface area contributed by atoms with Crippen LogP contribution in [0.4, 0.5) is 5.69 Å². The Bertz CT molecular complexity index is 1030. The van der Waals surface area contributed by atoms with Crippen LogP contribution in [0.3, 0.4) is 0 Å². The van der Waals surface area contributed by atoms with Gasteiger partial charge in [-0.05, 0) is 49.7 Å². The molecule has 162 valence electrons. The molecule has 2 aliphatic rings. The summed E-state index contributed by atoms with van der Waals surface area (Å²) in [7, 11) is 1.59. The monoisotopic (exact) mass is 419 g/mol. The Balaban J connectivity index is 1.83. The zero-order valence-corrected chi connectivity index (χ0v) is 18.6. The zero-order chi connectivity index (χ0) is 22.1. The van der Waals surface area contributed by atoms with Gasteiger partial charge in [-0.1, -0.05) is 31.2 Å². The molecule has 0 saturated carbocycles. The number of likely N-dealkylation sites (N-methyl/N-ethyl adjacent to an activating group) is 1. The summed E-state index contributed by atoms with van der Waals surface area (Å²) in [5.74, 6) is 0.0268. The van der Waals surface area contributed by atoms with Crippen molar-refractivity contribution in [3.8, 4) is 5.75 Å². The molecule has 0 unspecified atom stereocenters. The van der Waals surface area contributed by atoms with Gasteiger partial charge in [0, 0.05) is 31.7 Å². The summed E-state index contributed by atoms with van der Waals surface area (Å²) in [5, 5.41) is 0. The van der Waals surface area contributed by atoms with E-state index in [1.807, 2.05) is 56.3 Å². The second-order valence-corrected chi connectivity index (χ2v) is 8.14. The smallest absolute Gasteiger partial charge is 0.282 e. The first-order chi connectivity index (χ1) is 14.9. The van der Waals surface area contributed by atoms with E-state index >= 15 is 0 Å². The molecular formula is C25H29N3O3. The lowest BCUT2D eigenvalue weighted by Gasteiger charge is -2.36. The van der Waals surface area contributed by atoms with Gasteiger partial charge in [0.1, 0.15) is 11.4 Å². The number of hydrogen-bond acceptors (Lipinski definition) is 5. The number of carbonyl (C=O) groups excluding carboxylic acids is 2. The van der Waals surface area contributed by atoms with E-state index in [0.717, 1.165) is 30.8 Å². The van der Waals surface area contributed by atoms with Gasteiger partial charge in [0.25, 0.3) is 11.8 Å². The van der Waals surface area contributed by atoms with Gasteiger partial charge in [-0.25, -0.2) is 4.90 Å². The molecule has 2 heterocycles. The Kier molecular flexibility index (Phi) is 5.83. The first-order valence-corrected chi connectivity index (χ1v) is 10.8. The van der Waals surface area contributed by atoms with E-state index < -0.39 is 0 Å². The topological polar surface area (TPSA) is 53.1 Å². The number of piperazine rings is 1. The standard InChI is InChI=1S/C25H29N3O3/c1-5-26-10-12-27(13-11-26)23-22(20-8-6-7-9-21(20)31-4)24(29)28(25(23)30)19-15-17(2)14-18(3)16-19/h6-9,14-16H,5,10-13H2,1-4H3. The third kappa shape index (κ3) is 3.83. The van der Waals surface area contributed by atoms with Crippen LogP contribution in [0, 0.1) is 13.8 Å². The fourth-order valence-electron chi connectivity index (χ4n) is 4.51. The number of amides is 2. The number of hydrogen-bond donors (Lipinski definition) is 0. The van der Waals surface area contributed by atoms with Crippen LogP contribution in [-0.2, 0) is 9.59 Å². The number of nitrogens with zero attached hydrogens (tertiary/aromatic N) is 3. The number of para-hydroxylation sites is 1. The number of aryl methyl sites for hydroxylation is 2. The summed E-state index contributed by atoms with van der Waals surface area (Å²) in [6, 6.07) is 13.2. The first-order valence-electron chi connectivity index (χ1n) is 10.8. The zero-order valence-electron chi connectivity index (χ0n) is 18.6. The van der Waals surface area contributed by atoms with Gasteiger partial charge in [-0.15, -0.1) is 0 Å². The maximum atomic E-state index is 13.7. The molecule has 0 bridgehead atoms. The van der Waals surface area contributed by atoms with Crippen LogP contribution in [-0.4, -0.2) is 61.4 Å². The van der Waals surface area contributed by atoms with Gasteiger partial charge in [-0.3, -0.25) is 9.59 Å². The molecule has 0 N–H and O–H groups in total. The summed E-state index contributed by atoms with van der Waals surface area (Å²) in [6.07, 6.45) is 0. The summed E-state index contributed by atoms with van der Waals surface area (Å²) in [4.78, 5) is 33.2. The van der Waals surface area contributed by atoms with Gasteiger partial charge in [0.2, 0.25) is 0 Å². The van der Waals surface area contributed by atoms with Crippen LogP contribution >= 0.6 is 0 Å². The van der Waals surface area contributed by atoms with Crippen LogP contribution in [0.5, 0.6) is 5.75 Å². The molecule has 6 nitrogen and oxygen atoms in total. The summed E-state index contributed by atoms with van der Waals surface area (Å²) in [5.41, 5.74) is 4.19. The largest absolute Gasteiger partial charge is 0.496 e. The molecule has 2 aliphatic heterocycles. The third-order valence-corrected chi connectivity index (χ3v) is 6.04. The van der Waals surface area contributed by atoms with E-state index in [0.29, 0.717) is 41.4 Å². The number of ether oxygens (including phenoxy) is 1. The highest BCUT2D eigenvalue weighted by atomic mass is 16.5. The minimum Gasteiger partial charge on any atom is -0.496 e. The molecule has 0 atom stereocenters. The number of imide groups is 1. The Morgan fingerprint density at radius 3 is 2.16 bits per heavy atom. The first kappa shape index (κ1) is 21.1. The van der Waals surface area contributed by atoms with Crippen molar-refractivity contribution < 1.29 is 14.3 Å². The normalized spacial score (nSPS) is 17.7. The quantitative estimate of drug-likeness (QED) is 0.697. The summed E-state index contributed by atoms with van der Waals surface area (Å²) >= 11 is 0. The Hall–Kier alpha value is -3.12. The maximum Gasteiger partial charge on any atom is 0.282 e. The highest BCUT2D eigenvalue weighted by Crippen LogP contribution is 2.38. The Morgan fingerprint density at radius 2 is 1.55 bits per heavy atom. The number of benzene rings is 2. The van der Waals surface area contributed by atoms with Crippen LogP contribution in [0.15, 0.2) is 48.2 Å². The lowest BCUT2D eigenvalue weighted by molar-refractivity contribution is -0.120. The van der Waals surface area contributed by atoms with Crippen molar-refractivity contribution in [1.82, 2.24) is 9.80 Å². The summed E-state index contributed by atoms with van der Waals surface area (Å²) < 4.78 is 5.55. The molecule has 2 aromatic carbocycles. The number of anilines is 1. The third-order valence-electron chi connectivity index (χ3n) is 6.04. The van der Waals surface area contributed by atoms with Gasteiger partial charge in [0.15, 0.2) is 0 Å². The van der Waals surface area contributed by atoms with Crippen molar-refractivity contribution in [2.45, 2.75) is 20.8 Å². The minimum absolute atomic E-state index is 0.263. The van der Waals surface area contributed by atoms with Crippen LogP contribution < -0.4 is 9.64 Å². The molecule has 0 aliphatic carbocycles. The Morgan fingerprint density at radius 1 is 0.903 bits per heavy atom. The van der Waals surface area contributed by atoms with Crippen molar-refractivity contribution >= 4 is 23.1 Å². The van der Waals surface area contributed by atoms with Crippen LogP contribution in [0.1, 0.15) is 23.6 Å². The summed E-state index contributed by atoms with van der Waals surface area (Å²) in [6.45, 7) is 10.2. The van der Waals surface area contributed by atoms with Gasteiger partial charge in [-0.2, -0.15) is 0 Å². The average molecular weight is 420 g/mol. The van der Waals surface area contributed by atoms with Crippen LogP contribution in [0.25, 0.3) is 5.57 Å². The molecule has 0 aromatic heterocycles. The Labute approximate surface area is 183 Å². The SMILES string of the molecule is CCN1CCN(C2=C(c3ccccc3OC)C(=O)N(c3cc(C)cc(C)c3)C2=O)CC1. The highest BCUT2D eigenvalue weighted by Gasteiger charge is 2.43. The van der Waals surface area contributed by atoms with E-state index in [9.17, 15) is 9.59 Å². The average Bonchev–Trinajstić information content (AvgIpc) is 3.02. The second-order valence-electron chi connectivity index (χ2n) is 8.14. The molecule has 2 aromatic rings. The van der Waals surface area contributed by atoms with Gasteiger partial charge < -0.3 is 14.5 Å². The van der Waals surface area contributed by atoms with Gasteiger partial charge >= 0.3 is 0 Å². The molecule has 0 radical (unpaired) electrons. The minimum atomic E-state index is -0.299. The molecule has 1 fully saturated rings. The van der Waals surface area contributed by atoms with E-state index in [1.54, 1.807) is 7.11 Å². The lowest BCUT2D eigenvalue weighted by Crippen LogP contribution is -2.47. The fourth-order valence-corrected chi connectivity index (χ4v) is 4.51. The van der Waals surface area contributed by atoms with E-state index in [2.05, 4.69) is 16.7 Å². The lowest BCUT2D eigenvalue weighted by atomic mass is 10.0. The molecule has 6 heteroatoms. The van der Waals surface area contributed by atoms with E-state index in [4.69, 9.17) is 4.74 Å². The van der Waals surface area contributed by atoms with Crippen LogP contribution in [0.2, 0.25) is 0 Å². The highest BCUT2D eigenvalue weighted by molar-refractivity contribution is 6.45. The molecule has 4 rings (SSSR count). The molecule has 2 amide bonds.